The van der Waals surface area contributed by atoms with Gasteiger partial charge in [-0.15, -0.1) is 0 Å². The first kappa shape index (κ1) is 12.5. The number of hydrogen-bond acceptors (Lipinski definition) is 0. The van der Waals surface area contributed by atoms with E-state index in [-0.39, 0.29) is 5.92 Å². The fourth-order valence-electron chi connectivity index (χ4n) is 2.66. The third-order valence-corrected chi connectivity index (χ3v) is 3.62. The highest BCUT2D eigenvalue weighted by Crippen LogP contribution is 2.41. The van der Waals surface area contributed by atoms with Gasteiger partial charge in [-0.05, 0) is 42.4 Å². The second-order valence-electron chi connectivity index (χ2n) is 4.75. The molecule has 1 aliphatic rings. The van der Waals surface area contributed by atoms with Crippen LogP contribution in [-0.4, -0.2) is 0 Å². The number of halogens is 3. The van der Waals surface area contributed by atoms with E-state index in [4.69, 9.17) is 0 Å². The normalized spacial score (nSPS) is 17.6. The first-order valence-corrected chi connectivity index (χ1v) is 6.22. The molecule has 0 nitrogen and oxygen atoms in total. The summed E-state index contributed by atoms with van der Waals surface area (Å²) in [5.41, 5.74) is 1.09. The topological polar surface area (TPSA) is 0 Å². The third-order valence-electron chi connectivity index (χ3n) is 3.62. The molecule has 1 fully saturated rings. The summed E-state index contributed by atoms with van der Waals surface area (Å²) in [4.78, 5) is 0. The van der Waals surface area contributed by atoms with Crippen molar-refractivity contribution in [3.05, 3.63) is 34.9 Å². The van der Waals surface area contributed by atoms with Crippen LogP contribution in [0, 0.1) is 0 Å². The lowest BCUT2D eigenvalue weighted by molar-refractivity contribution is -0.138. The summed E-state index contributed by atoms with van der Waals surface area (Å²) in [6.07, 6.45) is 0.477. The Morgan fingerprint density at radius 1 is 1.18 bits per heavy atom. The number of hydrogen-bond donors (Lipinski definition) is 0. The molecule has 0 aromatic heterocycles. The molecule has 1 saturated carbocycles. The Morgan fingerprint density at radius 3 is 2.35 bits per heavy atom. The Morgan fingerprint density at radius 2 is 1.82 bits per heavy atom. The van der Waals surface area contributed by atoms with Gasteiger partial charge in [-0.25, -0.2) is 0 Å². The molecule has 17 heavy (non-hydrogen) atoms. The Hall–Kier alpha value is -0.990. The van der Waals surface area contributed by atoms with Crippen LogP contribution in [0.1, 0.15) is 55.2 Å². The van der Waals surface area contributed by atoms with Crippen molar-refractivity contribution in [3.8, 4) is 0 Å². The highest BCUT2D eigenvalue weighted by molar-refractivity contribution is 5.37. The van der Waals surface area contributed by atoms with Gasteiger partial charge in [0.05, 0.1) is 5.56 Å². The van der Waals surface area contributed by atoms with E-state index >= 15 is 0 Å². The fourth-order valence-corrected chi connectivity index (χ4v) is 2.66. The average molecular weight is 242 g/mol. The van der Waals surface area contributed by atoms with Gasteiger partial charge >= 0.3 is 6.18 Å². The van der Waals surface area contributed by atoms with E-state index in [9.17, 15) is 13.2 Å². The highest BCUT2D eigenvalue weighted by atomic mass is 19.4. The van der Waals surface area contributed by atoms with Crippen LogP contribution in [0.25, 0.3) is 0 Å². The van der Waals surface area contributed by atoms with Gasteiger partial charge < -0.3 is 0 Å². The number of rotatable bonds is 2. The molecular formula is C14H17F3. The van der Waals surface area contributed by atoms with E-state index in [0.717, 1.165) is 37.7 Å². The molecule has 0 spiro atoms. The van der Waals surface area contributed by atoms with Crippen molar-refractivity contribution in [2.75, 3.05) is 0 Å². The van der Waals surface area contributed by atoms with Gasteiger partial charge in [0.2, 0.25) is 0 Å². The summed E-state index contributed by atoms with van der Waals surface area (Å²) in [6.45, 7) is 1.97. The Bertz CT molecular complexity index is 387. The van der Waals surface area contributed by atoms with E-state index in [2.05, 4.69) is 0 Å². The zero-order valence-corrected chi connectivity index (χ0v) is 9.98. The SMILES string of the molecule is CCc1ccc(C(F)(F)F)c(C2CCCC2)c1. The van der Waals surface area contributed by atoms with Gasteiger partial charge in [0.25, 0.3) is 0 Å². The molecule has 1 aromatic rings. The molecule has 1 aromatic carbocycles. The molecule has 0 heterocycles. The molecule has 0 amide bonds. The minimum absolute atomic E-state index is 0.109. The molecule has 94 valence electrons. The second kappa shape index (κ2) is 4.71. The molecule has 1 aliphatic carbocycles. The molecule has 3 heteroatoms. The summed E-state index contributed by atoms with van der Waals surface area (Å²) >= 11 is 0. The Kier molecular flexibility index (Phi) is 3.45. The first-order valence-electron chi connectivity index (χ1n) is 6.22. The lowest BCUT2D eigenvalue weighted by Crippen LogP contribution is -2.11. The zero-order chi connectivity index (χ0) is 12.5. The van der Waals surface area contributed by atoms with Crippen LogP contribution in [0.2, 0.25) is 0 Å². The Labute approximate surface area is 99.8 Å². The molecule has 2 rings (SSSR count). The minimum Gasteiger partial charge on any atom is -0.166 e. The molecule has 0 atom stereocenters. The monoisotopic (exact) mass is 242 g/mol. The van der Waals surface area contributed by atoms with Crippen LogP contribution in [0.5, 0.6) is 0 Å². The maximum Gasteiger partial charge on any atom is 0.416 e. The molecule has 0 saturated heterocycles. The first-order chi connectivity index (χ1) is 8.02. The molecule has 0 N–H and O–H groups in total. The third kappa shape index (κ3) is 2.64. The average Bonchev–Trinajstić information content (AvgIpc) is 2.80. The lowest BCUT2D eigenvalue weighted by atomic mass is 9.90. The maximum atomic E-state index is 12.9. The summed E-state index contributed by atoms with van der Waals surface area (Å²) in [5.74, 6) is 0.109. The van der Waals surface area contributed by atoms with Gasteiger partial charge in [-0.3, -0.25) is 0 Å². The van der Waals surface area contributed by atoms with Crippen molar-refractivity contribution in [2.45, 2.75) is 51.1 Å². The molecule has 0 unspecified atom stereocenters. The molecular weight excluding hydrogens is 225 g/mol. The van der Waals surface area contributed by atoms with E-state index in [1.807, 2.05) is 6.92 Å². The summed E-state index contributed by atoms with van der Waals surface area (Å²) in [6, 6.07) is 4.62. The predicted octanol–water partition coefficient (Wildman–Crippen LogP) is 4.93. The molecule has 0 bridgehead atoms. The van der Waals surface area contributed by atoms with Crippen molar-refractivity contribution in [1.82, 2.24) is 0 Å². The quantitative estimate of drug-likeness (QED) is 0.690. The standard InChI is InChI=1S/C14H17F3/c1-2-10-7-8-13(14(15,16)17)12(9-10)11-5-3-4-6-11/h7-9,11H,2-6H2,1H3. The van der Waals surface area contributed by atoms with E-state index in [1.54, 1.807) is 12.1 Å². The second-order valence-corrected chi connectivity index (χ2v) is 4.75. The van der Waals surface area contributed by atoms with Gasteiger partial charge in [0, 0.05) is 0 Å². The van der Waals surface area contributed by atoms with Gasteiger partial charge in [-0.2, -0.15) is 13.2 Å². The minimum atomic E-state index is -4.22. The summed E-state index contributed by atoms with van der Waals surface area (Å²) < 4.78 is 38.8. The van der Waals surface area contributed by atoms with E-state index in [0.29, 0.717) is 5.56 Å². The van der Waals surface area contributed by atoms with Crippen molar-refractivity contribution in [3.63, 3.8) is 0 Å². The van der Waals surface area contributed by atoms with Crippen molar-refractivity contribution in [1.29, 1.82) is 0 Å². The van der Waals surface area contributed by atoms with E-state index < -0.39 is 11.7 Å². The van der Waals surface area contributed by atoms with Crippen LogP contribution >= 0.6 is 0 Å². The maximum absolute atomic E-state index is 12.9. The van der Waals surface area contributed by atoms with Crippen LogP contribution in [-0.2, 0) is 12.6 Å². The Balaban J connectivity index is 2.43. The summed E-state index contributed by atoms with van der Waals surface area (Å²) in [5, 5.41) is 0. The van der Waals surface area contributed by atoms with Crippen molar-refractivity contribution < 1.29 is 13.2 Å². The largest absolute Gasteiger partial charge is 0.416 e. The van der Waals surface area contributed by atoms with Crippen LogP contribution in [0.4, 0.5) is 13.2 Å². The van der Waals surface area contributed by atoms with Crippen LogP contribution in [0.3, 0.4) is 0 Å². The van der Waals surface area contributed by atoms with Crippen molar-refractivity contribution >= 4 is 0 Å². The van der Waals surface area contributed by atoms with Crippen molar-refractivity contribution in [2.24, 2.45) is 0 Å². The van der Waals surface area contributed by atoms with E-state index in [1.165, 1.54) is 6.07 Å². The summed E-state index contributed by atoms with van der Waals surface area (Å²) in [7, 11) is 0. The van der Waals surface area contributed by atoms with Crippen LogP contribution < -0.4 is 0 Å². The predicted molar refractivity (Wildman–Crippen MR) is 62.0 cm³/mol. The van der Waals surface area contributed by atoms with Crippen LogP contribution in [0.15, 0.2) is 18.2 Å². The number of alkyl halides is 3. The van der Waals surface area contributed by atoms with Gasteiger partial charge in [0.15, 0.2) is 0 Å². The van der Waals surface area contributed by atoms with Gasteiger partial charge in [-0.1, -0.05) is 31.9 Å². The highest BCUT2D eigenvalue weighted by Gasteiger charge is 2.35. The smallest absolute Gasteiger partial charge is 0.166 e. The lowest BCUT2D eigenvalue weighted by Gasteiger charge is -2.18. The molecule has 0 aliphatic heterocycles. The molecule has 0 radical (unpaired) electrons. The number of aryl methyl sites for hydroxylation is 1. The number of benzene rings is 1. The van der Waals surface area contributed by atoms with Gasteiger partial charge in [0.1, 0.15) is 0 Å². The fraction of sp³-hybridized carbons (Fsp3) is 0.571. The zero-order valence-electron chi connectivity index (χ0n) is 9.98.